The molecule has 0 fully saturated rings. The molecular weight excluding hydrogens is 418 g/mol. The van der Waals surface area contributed by atoms with Crippen molar-refractivity contribution in [1.29, 1.82) is 0 Å². The zero-order valence-electron chi connectivity index (χ0n) is 17.5. The van der Waals surface area contributed by atoms with Crippen molar-refractivity contribution in [3.63, 3.8) is 0 Å². The number of pyridine rings is 1. The van der Waals surface area contributed by atoms with Gasteiger partial charge >= 0.3 is 0 Å². The number of nitrogens with one attached hydrogen (secondary N) is 1. The van der Waals surface area contributed by atoms with Crippen LogP contribution in [0, 0.1) is 6.92 Å². The van der Waals surface area contributed by atoms with Gasteiger partial charge in [-0.05, 0) is 60.9 Å². The molecule has 3 aromatic rings. The van der Waals surface area contributed by atoms with Gasteiger partial charge < -0.3 is 5.32 Å². The highest BCUT2D eigenvalue weighted by molar-refractivity contribution is 8.00. The number of rotatable bonds is 7. The number of fused-ring (bicyclic) bond motifs is 1. The monoisotopic (exact) mass is 443 g/mol. The molecular formula is C22H25N3O3S2. The lowest BCUT2D eigenvalue weighted by Crippen LogP contribution is -2.22. The van der Waals surface area contributed by atoms with Crippen LogP contribution in [0.25, 0.3) is 10.9 Å². The summed E-state index contributed by atoms with van der Waals surface area (Å²) < 4.78 is 25.4. The van der Waals surface area contributed by atoms with Gasteiger partial charge in [0.05, 0.1) is 16.2 Å². The predicted octanol–water partition coefficient (Wildman–Crippen LogP) is 4.09. The first-order valence-corrected chi connectivity index (χ1v) is 12.0. The van der Waals surface area contributed by atoms with E-state index in [1.165, 1.54) is 38.0 Å². The fourth-order valence-electron chi connectivity index (χ4n) is 2.93. The summed E-state index contributed by atoms with van der Waals surface area (Å²) in [5, 5.41) is 4.76. The molecule has 0 aliphatic heterocycles. The van der Waals surface area contributed by atoms with Crippen LogP contribution in [0.15, 0.2) is 58.5 Å². The molecule has 0 aliphatic rings. The fourth-order valence-corrected chi connectivity index (χ4v) is 4.73. The second-order valence-electron chi connectivity index (χ2n) is 7.15. The topological polar surface area (TPSA) is 79.4 Å². The molecule has 1 heterocycles. The van der Waals surface area contributed by atoms with E-state index in [1.54, 1.807) is 12.1 Å². The molecule has 0 saturated heterocycles. The summed E-state index contributed by atoms with van der Waals surface area (Å²) in [6.45, 7) is 4.11. The van der Waals surface area contributed by atoms with Gasteiger partial charge in [-0.25, -0.2) is 17.7 Å². The minimum absolute atomic E-state index is 0.170. The number of benzene rings is 2. The summed E-state index contributed by atoms with van der Waals surface area (Å²) in [6.07, 6.45) is 0.836. The maximum atomic E-state index is 12.4. The smallest absolute Gasteiger partial charge is 0.242 e. The normalized spacial score (nSPS) is 11.8. The number of hydrogen-bond acceptors (Lipinski definition) is 5. The number of sulfonamides is 1. The maximum Gasteiger partial charge on any atom is 0.242 e. The van der Waals surface area contributed by atoms with E-state index >= 15 is 0 Å². The summed E-state index contributed by atoms with van der Waals surface area (Å²) in [4.78, 5) is 17.3. The number of aromatic nitrogens is 1. The van der Waals surface area contributed by atoms with Crippen LogP contribution in [0.2, 0.25) is 0 Å². The highest BCUT2D eigenvalue weighted by Crippen LogP contribution is 2.26. The van der Waals surface area contributed by atoms with Crippen molar-refractivity contribution in [2.24, 2.45) is 0 Å². The van der Waals surface area contributed by atoms with E-state index in [4.69, 9.17) is 4.98 Å². The van der Waals surface area contributed by atoms with Crippen LogP contribution in [0.4, 0.5) is 5.69 Å². The lowest BCUT2D eigenvalue weighted by Gasteiger charge is -2.12. The van der Waals surface area contributed by atoms with Gasteiger partial charge in [-0.3, -0.25) is 4.79 Å². The lowest BCUT2D eigenvalue weighted by molar-refractivity contribution is -0.113. The van der Waals surface area contributed by atoms with Crippen LogP contribution in [0.3, 0.4) is 0 Å². The molecule has 0 bridgehead atoms. The summed E-state index contributed by atoms with van der Waals surface area (Å²) in [6, 6.07) is 14.5. The molecule has 1 amide bonds. The summed E-state index contributed by atoms with van der Waals surface area (Å²) in [5.41, 5.74) is 3.74. The van der Waals surface area contributed by atoms with Crippen molar-refractivity contribution in [2.45, 2.75) is 30.2 Å². The van der Waals surface area contributed by atoms with E-state index in [-0.39, 0.29) is 16.6 Å². The van der Waals surface area contributed by atoms with Crippen LogP contribution in [-0.2, 0) is 21.2 Å². The first-order valence-electron chi connectivity index (χ1n) is 9.56. The maximum absolute atomic E-state index is 12.4. The zero-order valence-corrected chi connectivity index (χ0v) is 19.1. The summed E-state index contributed by atoms with van der Waals surface area (Å²) >= 11 is 1.41. The van der Waals surface area contributed by atoms with Crippen molar-refractivity contribution in [1.82, 2.24) is 9.29 Å². The number of carbonyl (C=O) groups excluding carboxylic acids is 1. The summed E-state index contributed by atoms with van der Waals surface area (Å²) in [5.74, 6) is 0.0473. The molecule has 2 aromatic carbocycles. The minimum Gasteiger partial charge on any atom is -0.325 e. The number of aryl methyl sites for hydroxylation is 2. The third kappa shape index (κ3) is 5.00. The van der Waals surface area contributed by atoms with E-state index in [0.29, 0.717) is 5.69 Å². The number of thioether (sulfide) groups is 1. The molecule has 1 aromatic heterocycles. The Kier molecular flexibility index (Phi) is 6.80. The van der Waals surface area contributed by atoms with Gasteiger partial charge in [0.2, 0.25) is 15.9 Å². The Balaban J connectivity index is 1.69. The third-order valence-corrected chi connectivity index (χ3v) is 7.51. The van der Waals surface area contributed by atoms with Crippen LogP contribution in [-0.4, -0.2) is 43.5 Å². The van der Waals surface area contributed by atoms with Crippen LogP contribution >= 0.6 is 11.8 Å². The number of carbonyl (C=O) groups is 1. The first-order chi connectivity index (χ1) is 14.2. The van der Waals surface area contributed by atoms with Gasteiger partial charge in [0.25, 0.3) is 0 Å². The van der Waals surface area contributed by atoms with E-state index in [0.717, 1.165) is 37.8 Å². The van der Waals surface area contributed by atoms with Crippen LogP contribution < -0.4 is 5.32 Å². The van der Waals surface area contributed by atoms with Gasteiger partial charge in [-0.2, -0.15) is 0 Å². The fraction of sp³-hybridized carbons (Fsp3) is 0.273. The molecule has 0 saturated carbocycles. The predicted molar refractivity (Wildman–Crippen MR) is 123 cm³/mol. The van der Waals surface area contributed by atoms with Gasteiger partial charge in [-0.1, -0.05) is 30.8 Å². The highest BCUT2D eigenvalue weighted by atomic mass is 32.2. The standard InChI is InChI=1S/C22H25N3O3S2/c1-5-16-13-17-7-6-15(2)12-20(17)24-22(16)29-14-21(26)23-18-8-10-19(11-9-18)30(27,28)25(3)4/h6-13H,5,14H2,1-4H3,(H,23,26). The first kappa shape index (κ1) is 22.3. The Labute approximate surface area is 181 Å². The molecule has 0 aliphatic carbocycles. The number of amides is 1. The Bertz CT molecular complexity index is 1170. The quantitative estimate of drug-likeness (QED) is 0.557. The van der Waals surface area contributed by atoms with Crippen LogP contribution in [0.5, 0.6) is 0 Å². The van der Waals surface area contributed by atoms with Crippen molar-refractivity contribution in [3.05, 3.63) is 59.7 Å². The molecule has 0 unspecified atom stereocenters. The second-order valence-corrected chi connectivity index (χ2v) is 10.3. The molecule has 0 radical (unpaired) electrons. The molecule has 158 valence electrons. The Morgan fingerprint density at radius 1 is 1.10 bits per heavy atom. The molecule has 3 rings (SSSR count). The Morgan fingerprint density at radius 3 is 2.43 bits per heavy atom. The third-order valence-electron chi connectivity index (χ3n) is 4.65. The molecule has 6 nitrogen and oxygen atoms in total. The van der Waals surface area contributed by atoms with Crippen molar-refractivity contribution in [2.75, 3.05) is 25.2 Å². The van der Waals surface area contributed by atoms with Gasteiger partial charge in [0.15, 0.2) is 0 Å². The summed E-state index contributed by atoms with van der Waals surface area (Å²) in [7, 11) is -0.527. The molecule has 0 spiro atoms. The largest absolute Gasteiger partial charge is 0.325 e. The lowest BCUT2D eigenvalue weighted by atomic mass is 10.1. The van der Waals surface area contributed by atoms with Crippen LogP contribution in [0.1, 0.15) is 18.1 Å². The Hall–Kier alpha value is -2.42. The Morgan fingerprint density at radius 2 is 1.80 bits per heavy atom. The molecule has 8 heteroatoms. The van der Waals surface area contributed by atoms with Crippen molar-refractivity contribution in [3.8, 4) is 0 Å². The van der Waals surface area contributed by atoms with Gasteiger partial charge in [0, 0.05) is 25.2 Å². The van der Waals surface area contributed by atoms with E-state index < -0.39 is 10.0 Å². The number of nitrogens with zero attached hydrogens (tertiary/aromatic N) is 2. The average molecular weight is 444 g/mol. The zero-order chi connectivity index (χ0) is 21.9. The number of anilines is 1. The highest BCUT2D eigenvalue weighted by Gasteiger charge is 2.17. The van der Waals surface area contributed by atoms with E-state index in [1.807, 2.05) is 13.0 Å². The van der Waals surface area contributed by atoms with E-state index in [2.05, 4.69) is 30.4 Å². The number of hydrogen-bond donors (Lipinski definition) is 1. The van der Waals surface area contributed by atoms with Crippen molar-refractivity contribution >= 4 is 44.3 Å². The molecule has 1 N–H and O–H groups in total. The average Bonchev–Trinajstić information content (AvgIpc) is 2.71. The van der Waals surface area contributed by atoms with E-state index in [9.17, 15) is 13.2 Å². The molecule has 0 atom stereocenters. The minimum atomic E-state index is -3.49. The van der Waals surface area contributed by atoms with Gasteiger partial charge in [0.1, 0.15) is 5.03 Å². The molecule has 30 heavy (non-hydrogen) atoms. The van der Waals surface area contributed by atoms with Gasteiger partial charge in [-0.15, -0.1) is 0 Å². The second kappa shape index (κ2) is 9.16. The van der Waals surface area contributed by atoms with Crippen molar-refractivity contribution < 1.29 is 13.2 Å². The SMILES string of the molecule is CCc1cc2ccc(C)cc2nc1SCC(=O)Nc1ccc(S(=O)(=O)N(C)C)cc1.